The average molecular weight is 323 g/mol. The summed E-state index contributed by atoms with van der Waals surface area (Å²) in [5, 5.41) is 8.43. The fourth-order valence-electron chi connectivity index (χ4n) is 1.99. The van der Waals surface area contributed by atoms with Gasteiger partial charge in [0.1, 0.15) is 0 Å². The molecular weight excluding hydrogens is 304 g/mol. The van der Waals surface area contributed by atoms with Crippen molar-refractivity contribution in [2.24, 2.45) is 4.99 Å². The summed E-state index contributed by atoms with van der Waals surface area (Å²) in [5.41, 5.74) is 0.750. The predicted molar refractivity (Wildman–Crippen MR) is 87.3 cm³/mol. The SMILES string of the molecule is CN=C(NCc1cccs1)NCC(C)c1ccc(F)c(F)c1. The Hall–Kier alpha value is -1.95. The van der Waals surface area contributed by atoms with E-state index in [1.807, 2.05) is 18.4 Å². The highest BCUT2D eigenvalue weighted by Gasteiger charge is 2.10. The minimum Gasteiger partial charge on any atom is -0.356 e. The zero-order valence-electron chi connectivity index (χ0n) is 12.6. The second-order valence-corrected chi connectivity index (χ2v) is 5.99. The Bertz CT molecular complexity index is 626. The van der Waals surface area contributed by atoms with Crippen LogP contribution in [0.5, 0.6) is 0 Å². The lowest BCUT2D eigenvalue weighted by Gasteiger charge is -2.16. The molecule has 22 heavy (non-hydrogen) atoms. The zero-order chi connectivity index (χ0) is 15.9. The number of halogens is 2. The lowest BCUT2D eigenvalue weighted by Crippen LogP contribution is -2.38. The van der Waals surface area contributed by atoms with Crippen LogP contribution in [0.1, 0.15) is 23.3 Å². The normalized spacial score (nSPS) is 13.0. The number of nitrogens with one attached hydrogen (secondary N) is 2. The van der Waals surface area contributed by atoms with Gasteiger partial charge in [-0.25, -0.2) is 8.78 Å². The van der Waals surface area contributed by atoms with Crippen LogP contribution < -0.4 is 10.6 Å². The Labute approximate surface area is 133 Å². The molecule has 118 valence electrons. The van der Waals surface area contributed by atoms with E-state index >= 15 is 0 Å². The van der Waals surface area contributed by atoms with Crippen LogP contribution in [0.15, 0.2) is 40.7 Å². The van der Waals surface area contributed by atoms with Crippen molar-refractivity contribution in [1.29, 1.82) is 0 Å². The average Bonchev–Trinajstić information content (AvgIpc) is 3.03. The minimum atomic E-state index is -0.822. The predicted octanol–water partition coefficient (Wildman–Crippen LogP) is 3.50. The number of thiophene rings is 1. The maximum absolute atomic E-state index is 13.3. The summed E-state index contributed by atoms with van der Waals surface area (Å²) >= 11 is 1.68. The van der Waals surface area contributed by atoms with Gasteiger partial charge in [-0.05, 0) is 35.1 Å². The molecule has 2 N–H and O–H groups in total. The van der Waals surface area contributed by atoms with Gasteiger partial charge in [-0.1, -0.05) is 19.1 Å². The van der Waals surface area contributed by atoms with Crippen molar-refractivity contribution in [2.75, 3.05) is 13.6 Å². The molecule has 3 nitrogen and oxygen atoms in total. The number of rotatable bonds is 5. The summed E-state index contributed by atoms with van der Waals surface area (Å²) in [6.07, 6.45) is 0. The maximum atomic E-state index is 13.3. The van der Waals surface area contributed by atoms with E-state index in [9.17, 15) is 8.78 Å². The minimum absolute atomic E-state index is 0.0374. The maximum Gasteiger partial charge on any atom is 0.191 e. The van der Waals surface area contributed by atoms with Crippen LogP contribution in [-0.4, -0.2) is 19.6 Å². The van der Waals surface area contributed by atoms with E-state index in [4.69, 9.17) is 0 Å². The van der Waals surface area contributed by atoms with Gasteiger partial charge >= 0.3 is 0 Å². The Morgan fingerprint density at radius 2 is 2.05 bits per heavy atom. The smallest absolute Gasteiger partial charge is 0.191 e. The second-order valence-electron chi connectivity index (χ2n) is 4.96. The third kappa shape index (κ3) is 4.53. The molecular formula is C16H19F2N3S. The molecule has 1 unspecified atom stereocenters. The Morgan fingerprint density at radius 1 is 1.23 bits per heavy atom. The van der Waals surface area contributed by atoms with E-state index in [1.165, 1.54) is 10.9 Å². The first-order chi connectivity index (χ1) is 10.6. The molecule has 1 aromatic heterocycles. The van der Waals surface area contributed by atoms with E-state index in [-0.39, 0.29) is 5.92 Å². The number of hydrogen-bond donors (Lipinski definition) is 2. The largest absolute Gasteiger partial charge is 0.356 e. The van der Waals surface area contributed by atoms with Gasteiger partial charge in [0.2, 0.25) is 0 Å². The van der Waals surface area contributed by atoms with Crippen molar-refractivity contribution >= 4 is 17.3 Å². The van der Waals surface area contributed by atoms with Gasteiger partial charge in [0.25, 0.3) is 0 Å². The van der Waals surface area contributed by atoms with E-state index in [2.05, 4.69) is 21.7 Å². The molecule has 0 fully saturated rings. The number of nitrogens with zero attached hydrogens (tertiary/aromatic N) is 1. The van der Waals surface area contributed by atoms with Crippen LogP contribution in [0.4, 0.5) is 8.78 Å². The van der Waals surface area contributed by atoms with E-state index in [0.29, 0.717) is 19.0 Å². The van der Waals surface area contributed by atoms with E-state index in [0.717, 1.165) is 11.6 Å². The molecule has 1 atom stereocenters. The molecule has 2 rings (SSSR count). The summed E-state index contributed by atoms with van der Waals surface area (Å²) in [7, 11) is 1.70. The van der Waals surface area contributed by atoms with Crippen molar-refractivity contribution in [3.05, 3.63) is 57.8 Å². The molecule has 0 bridgehead atoms. The fourth-order valence-corrected chi connectivity index (χ4v) is 2.64. The number of benzene rings is 1. The van der Waals surface area contributed by atoms with Gasteiger partial charge < -0.3 is 10.6 Å². The Balaban J connectivity index is 1.85. The van der Waals surface area contributed by atoms with Crippen molar-refractivity contribution in [3.63, 3.8) is 0 Å². The molecule has 0 radical (unpaired) electrons. The first-order valence-electron chi connectivity index (χ1n) is 7.02. The highest BCUT2D eigenvalue weighted by atomic mass is 32.1. The highest BCUT2D eigenvalue weighted by molar-refractivity contribution is 7.09. The Morgan fingerprint density at radius 3 is 2.68 bits per heavy atom. The van der Waals surface area contributed by atoms with Gasteiger partial charge in [0, 0.05) is 18.5 Å². The van der Waals surface area contributed by atoms with Gasteiger partial charge in [0.05, 0.1) is 6.54 Å². The molecule has 0 spiro atoms. The molecule has 2 aromatic rings. The van der Waals surface area contributed by atoms with Crippen LogP contribution >= 0.6 is 11.3 Å². The van der Waals surface area contributed by atoms with E-state index in [1.54, 1.807) is 24.5 Å². The lowest BCUT2D eigenvalue weighted by molar-refractivity contribution is 0.505. The molecule has 6 heteroatoms. The molecule has 0 aliphatic carbocycles. The van der Waals surface area contributed by atoms with Crippen molar-refractivity contribution in [2.45, 2.75) is 19.4 Å². The molecule has 1 heterocycles. The summed E-state index contributed by atoms with van der Waals surface area (Å²) in [5.74, 6) is -0.917. The molecule has 0 saturated heterocycles. The Kier molecular flexibility index (Phi) is 5.89. The van der Waals surface area contributed by atoms with Crippen molar-refractivity contribution in [1.82, 2.24) is 10.6 Å². The standard InChI is InChI=1S/C16H19F2N3S/c1-11(12-5-6-14(17)15(18)8-12)9-20-16(19-2)21-10-13-4-3-7-22-13/h3-8,11H,9-10H2,1-2H3,(H2,19,20,21). The zero-order valence-corrected chi connectivity index (χ0v) is 13.4. The number of hydrogen-bond acceptors (Lipinski definition) is 2. The van der Waals surface area contributed by atoms with Gasteiger partial charge in [-0.15, -0.1) is 11.3 Å². The van der Waals surface area contributed by atoms with Crippen LogP contribution in [0, 0.1) is 11.6 Å². The van der Waals surface area contributed by atoms with Crippen LogP contribution in [0.3, 0.4) is 0 Å². The monoisotopic (exact) mass is 323 g/mol. The summed E-state index contributed by atoms with van der Waals surface area (Å²) < 4.78 is 26.2. The quantitative estimate of drug-likeness (QED) is 0.653. The second kappa shape index (κ2) is 7.89. The lowest BCUT2D eigenvalue weighted by atomic mass is 10.0. The van der Waals surface area contributed by atoms with E-state index < -0.39 is 11.6 Å². The molecule has 1 aromatic carbocycles. The molecule has 0 aliphatic heterocycles. The third-order valence-electron chi connectivity index (χ3n) is 3.32. The van der Waals surface area contributed by atoms with Crippen molar-refractivity contribution < 1.29 is 8.78 Å². The number of guanidine groups is 1. The number of aliphatic imine (C=N–C) groups is 1. The van der Waals surface area contributed by atoms with Gasteiger partial charge in [0.15, 0.2) is 17.6 Å². The van der Waals surface area contributed by atoms with Crippen LogP contribution in [-0.2, 0) is 6.54 Å². The summed E-state index contributed by atoms with van der Waals surface area (Å²) in [4.78, 5) is 5.37. The van der Waals surface area contributed by atoms with Crippen LogP contribution in [0.2, 0.25) is 0 Å². The first-order valence-corrected chi connectivity index (χ1v) is 7.90. The highest BCUT2D eigenvalue weighted by Crippen LogP contribution is 2.17. The summed E-state index contributed by atoms with van der Waals surface area (Å²) in [6, 6.07) is 8.05. The van der Waals surface area contributed by atoms with Gasteiger partial charge in [-0.3, -0.25) is 4.99 Å². The first kappa shape index (κ1) is 16.4. The topological polar surface area (TPSA) is 36.4 Å². The molecule has 0 amide bonds. The third-order valence-corrected chi connectivity index (χ3v) is 4.20. The van der Waals surface area contributed by atoms with Crippen molar-refractivity contribution in [3.8, 4) is 0 Å². The fraction of sp³-hybridized carbons (Fsp3) is 0.312. The molecule has 0 saturated carbocycles. The van der Waals surface area contributed by atoms with Gasteiger partial charge in [-0.2, -0.15) is 0 Å². The van der Waals surface area contributed by atoms with Crippen LogP contribution in [0.25, 0.3) is 0 Å². The summed E-state index contributed by atoms with van der Waals surface area (Å²) in [6.45, 7) is 3.23. The molecule has 0 aliphatic rings.